The van der Waals surface area contributed by atoms with Crippen LogP contribution in [-0.2, 0) is 11.3 Å². The molecule has 0 radical (unpaired) electrons. The minimum atomic E-state index is -0.460. The summed E-state index contributed by atoms with van der Waals surface area (Å²) in [6.45, 7) is 3.27. The highest BCUT2D eigenvalue weighted by Gasteiger charge is 2.31. The van der Waals surface area contributed by atoms with Crippen LogP contribution in [-0.4, -0.2) is 51.9 Å². The van der Waals surface area contributed by atoms with Gasteiger partial charge in [-0.3, -0.25) is 19.8 Å². The lowest BCUT2D eigenvalue weighted by Gasteiger charge is -2.38. The molecule has 1 saturated heterocycles. The van der Waals surface area contributed by atoms with Crippen LogP contribution in [0.25, 0.3) is 0 Å². The van der Waals surface area contributed by atoms with Crippen molar-refractivity contribution in [3.05, 3.63) is 33.9 Å². The van der Waals surface area contributed by atoms with Gasteiger partial charge in [0.25, 0.3) is 5.69 Å². The van der Waals surface area contributed by atoms with Gasteiger partial charge in [-0.25, -0.2) is 0 Å². The minimum absolute atomic E-state index is 0.0170. The van der Waals surface area contributed by atoms with Crippen molar-refractivity contribution in [3.8, 4) is 5.75 Å². The average molecular weight is 319 g/mol. The van der Waals surface area contributed by atoms with E-state index in [9.17, 15) is 20.0 Å². The van der Waals surface area contributed by atoms with Gasteiger partial charge in [-0.2, -0.15) is 0 Å². The number of hydrogen-bond donors (Lipinski definition) is 1. The van der Waals surface area contributed by atoms with Crippen LogP contribution >= 0.6 is 0 Å². The summed E-state index contributed by atoms with van der Waals surface area (Å²) in [6, 6.07) is 4.08. The fraction of sp³-hybridized carbons (Fsp3) is 0.562. The minimum Gasteiger partial charge on any atom is -0.508 e. The van der Waals surface area contributed by atoms with E-state index in [2.05, 4.69) is 4.90 Å². The molecule has 1 saturated carbocycles. The number of piperazine rings is 1. The third kappa shape index (κ3) is 3.44. The predicted molar refractivity (Wildman–Crippen MR) is 84.0 cm³/mol. The molecule has 1 N–H and O–H groups in total. The molecule has 0 spiro atoms. The molecule has 23 heavy (non-hydrogen) atoms. The Hall–Kier alpha value is -2.15. The zero-order chi connectivity index (χ0) is 16.4. The Morgan fingerprint density at radius 1 is 1.26 bits per heavy atom. The van der Waals surface area contributed by atoms with Crippen LogP contribution in [0.5, 0.6) is 5.75 Å². The van der Waals surface area contributed by atoms with Gasteiger partial charge in [0.05, 0.1) is 4.92 Å². The molecule has 1 aromatic rings. The van der Waals surface area contributed by atoms with Crippen LogP contribution in [0.3, 0.4) is 0 Å². The molecule has 7 nitrogen and oxygen atoms in total. The van der Waals surface area contributed by atoms with Gasteiger partial charge in [0, 0.05) is 56.3 Å². The molecule has 0 aromatic heterocycles. The summed E-state index contributed by atoms with van der Waals surface area (Å²) in [7, 11) is 0. The lowest BCUT2D eigenvalue weighted by molar-refractivity contribution is -0.385. The molecule has 0 bridgehead atoms. The average Bonchev–Trinajstić information content (AvgIpc) is 2.48. The van der Waals surface area contributed by atoms with E-state index in [4.69, 9.17) is 0 Å². The number of aromatic hydroxyl groups is 1. The van der Waals surface area contributed by atoms with Crippen LogP contribution in [0.15, 0.2) is 18.2 Å². The molecule has 1 amide bonds. The Balaban J connectivity index is 1.57. The molecular formula is C16H21N3O4. The van der Waals surface area contributed by atoms with Crippen molar-refractivity contribution >= 4 is 11.6 Å². The lowest BCUT2D eigenvalue weighted by atomic mass is 9.84. The van der Waals surface area contributed by atoms with E-state index in [0.717, 1.165) is 32.4 Å². The van der Waals surface area contributed by atoms with Crippen molar-refractivity contribution in [1.29, 1.82) is 0 Å². The molecule has 1 heterocycles. The van der Waals surface area contributed by atoms with E-state index in [1.165, 1.54) is 18.2 Å². The summed E-state index contributed by atoms with van der Waals surface area (Å²) < 4.78 is 0. The molecule has 1 aliphatic carbocycles. The molecule has 3 rings (SSSR count). The van der Waals surface area contributed by atoms with Gasteiger partial charge >= 0.3 is 0 Å². The normalized spacial score (nSPS) is 19.4. The Bertz CT molecular complexity index is 607. The number of benzene rings is 1. The van der Waals surface area contributed by atoms with Crippen molar-refractivity contribution in [2.75, 3.05) is 26.2 Å². The molecule has 124 valence electrons. The maximum atomic E-state index is 12.2. The molecule has 1 aromatic carbocycles. The summed E-state index contributed by atoms with van der Waals surface area (Å²) in [5.74, 6) is 0.569. The number of nitro benzene ring substituents is 1. The first-order chi connectivity index (χ1) is 11.0. The second-order valence-electron chi connectivity index (χ2n) is 6.30. The van der Waals surface area contributed by atoms with Crippen LogP contribution in [0.2, 0.25) is 0 Å². The van der Waals surface area contributed by atoms with Crippen molar-refractivity contribution in [1.82, 2.24) is 9.80 Å². The fourth-order valence-electron chi connectivity index (χ4n) is 3.09. The quantitative estimate of drug-likeness (QED) is 0.675. The van der Waals surface area contributed by atoms with Gasteiger partial charge < -0.3 is 10.0 Å². The topological polar surface area (TPSA) is 86.9 Å². The number of rotatable bonds is 4. The fourth-order valence-corrected chi connectivity index (χ4v) is 3.09. The molecule has 7 heteroatoms. The smallest absolute Gasteiger partial charge is 0.270 e. The maximum absolute atomic E-state index is 12.2. The van der Waals surface area contributed by atoms with Crippen LogP contribution in [0.4, 0.5) is 5.69 Å². The van der Waals surface area contributed by atoms with Crippen molar-refractivity contribution in [3.63, 3.8) is 0 Å². The number of non-ortho nitro benzene ring substituents is 1. The van der Waals surface area contributed by atoms with Gasteiger partial charge in [-0.15, -0.1) is 0 Å². The van der Waals surface area contributed by atoms with Gasteiger partial charge in [0.2, 0.25) is 5.91 Å². The number of phenolic OH excluding ortho intramolecular Hbond substituents is 1. The first-order valence-corrected chi connectivity index (χ1v) is 8.02. The van der Waals surface area contributed by atoms with Gasteiger partial charge in [0.15, 0.2) is 0 Å². The number of carbonyl (C=O) groups excluding carboxylic acids is 1. The van der Waals surface area contributed by atoms with Crippen LogP contribution in [0.1, 0.15) is 24.8 Å². The Morgan fingerprint density at radius 2 is 1.96 bits per heavy atom. The van der Waals surface area contributed by atoms with E-state index in [1.54, 1.807) is 0 Å². The van der Waals surface area contributed by atoms with Crippen LogP contribution in [0, 0.1) is 16.0 Å². The van der Waals surface area contributed by atoms with Crippen molar-refractivity contribution in [2.45, 2.75) is 25.8 Å². The van der Waals surface area contributed by atoms with E-state index < -0.39 is 4.92 Å². The highest BCUT2D eigenvalue weighted by molar-refractivity contribution is 5.79. The number of nitro groups is 1. The Labute approximate surface area is 134 Å². The number of amides is 1. The van der Waals surface area contributed by atoms with Crippen LogP contribution < -0.4 is 0 Å². The second-order valence-corrected chi connectivity index (χ2v) is 6.30. The summed E-state index contributed by atoms with van der Waals surface area (Å²) in [4.78, 5) is 26.6. The molecular weight excluding hydrogens is 298 g/mol. The zero-order valence-electron chi connectivity index (χ0n) is 13.0. The predicted octanol–water partition coefficient (Wildman–Crippen LogP) is 1.74. The highest BCUT2D eigenvalue weighted by Crippen LogP contribution is 2.29. The summed E-state index contributed by atoms with van der Waals surface area (Å²) in [6.07, 6.45) is 3.18. The van der Waals surface area contributed by atoms with E-state index >= 15 is 0 Å². The molecule has 0 unspecified atom stereocenters. The number of phenols is 1. The number of hydrogen-bond acceptors (Lipinski definition) is 5. The molecule has 0 atom stereocenters. The van der Waals surface area contributed by atoms with Crippen molar-refractivity contribution in [2.24, 2.45) is 5.92 Å². The molecule has 2 fully saturated rings. The van der Waals surface area contributed by atoms with Gasteiger partial charge in [-0.1, -0.05) is 6.42 Å². The van der Waals surface area contributed by atoms with Gasteiger partial charge in [-0.05, 0) is 18.9 Å². The largest absolute Gasteiger partial charge is 0.508 e. The summed E-state index contributed by atoms with van der Waals surface area (Å²) in [5, 5.41) is 20.7. The van der Waals surface area contributed by atoms with E-state index in [-0.39, 0.29) is 23.3 Å². The molecule has 1 aliphatic heterocycles. The van der Waals surface area contributed by atoms with Gasteiger partial charge in [0.1, 0.15) is 5.75 Å². The Kier molecular flexibility index (Phi) is 4.47. The first-order valence-electron chi connectivity index (χ1n) is 8.02. The standard InChI is InChI=1S/C16H21N3O4/c20-15-5-4-14(19(22)23)10-13(15)11-17-6-8-18(9-7-17)16(21)12-2-1-3-12/h4-5,10,12,20H,1-3,6-9,11H2. The number of nitrogens with zero attached hydrogens (tertiary/aromatic N) is 3. The van der Waals surface area contributed by atoms with Crippen molar-refractivity contribution < 1.29 is 14.8 Å². The second kappa shape index (κ2) is 6.54. The summed E-state index contributed by atoms with van der Waals surface area (Å²) in [5.41, 5.74) is 0.537. The molecule has 2 aliphatic rings. The SMILES string of the molecule is O=C(C1CCC1)N1CCN(Cc2cc([N+](=O)[O-])ccc2O)CC1. The Morgan fingerprint density at radius 3 is 2.52 bits per heavy atom. The zero-order valence-corrected chi connectivity index (χ0v) is 13.0. The van der Waals surface area contributed by atoms with E-state index in [0.29, 0.717) is 25.2 Å². The summed E-state index contributed by atoms with van der Waals surface area (Å²) >= 11 is 0. The highest BCUT2D eigenvalue weighted by atomic mass is 16.6. The maximum Gasteiger partial charge on any atom is 0.270 e. The van der Waals surface area contributed by atoms with E-state index in [1.807, 2.05) is 4.90 Å². The monoisotopic (exact) mass is 319 g/mol. The third-order valence-corrected chi connectivity index (χ3v) is 4.81. The lowest BCUT2D eigenvalue weighted by Crippen LogP contribution is -2.50. The number of carbonyl (C=O) groups is 1. The third-order valence-electron chi connectivity index (χ3n) is 4.81. The first kappa shape index (κ1) is 15.7.